The van der Waals surface area contributed by atoms with Crippen molar-refractivity contribution in [1.29, 1.82) is 0 Å². The number of hydrogen-bond donors (Lipinski definition) is 1. The summed E-state index contributed by atoms with van der Waals surface area (Å²) in [5.41, 5.74) is 10.7. The van der Waals surface area contributed by atoms with Crippen LogP contribution in [-0.2, 0) is 13.0 Å². The summed E-state index contributed by atoms with van der Waals surface area (Å²) >= 11 is 0. The summed E-state index contributed by atoms with van der Waals surface area (Å²) in [6.45, 7) is 6.43. The van der Waals surface area contributed by atoms with Crippen LogP contribution in [0.5, 0.6) is 5.75 Å². The number of primary amides is 1. The average molecular weight is 559 g/mol. The minimum atomic E-state index is -0.604. The molecule has 0 spiro atoms. The van der Waals surface area contributed by atoms with Gasteiger partial charge in [-0.1, -0.05) is 6.07 Å². The first-order valence-electron chi connectivity index (χ1n) is 12.1. The molecular weight excluding hydrogens is 530 g/mol. The summed E-state index contributed by atoms with van der Waals surface area (Å²) in [7, 11) is 0. The zero-order chi connectivity index (χ0) is 24.8. The molecular formula is C27H29Cl2FN6O2. The number of anilines is 1. The standard InChI is InChI=1S/C27H27FN6O2.2ClH/c1-17-5-6-19-21(31-17)3-2-4-22(19)33-13-11-32(12-14-33)10-9-18-20(28)7-8-23-26(18)36-15-24-25(27(29)35)30-16-34(23)24;;/h2-8,16H,9-15H2,1H3,(H2,29,35);2*1H. The van der Waals surface area contributed by atoms with Gasteiger partial charge in [0.2, 0.25) is 0 Å². The van der Waals surface area contributed by atoms with Crippen molar-refractivity contribution in [3.63, 3.8) is 0 Å². The maximum atomic E-state index is 14.9. The van der Waals surface area contributed by atoms with Gasteiger partial charge in [0.1, 0.15) is 24.5 Å². The number of amides is 1. The van der Waals surface area contributed by atoms with Crippen molar-refractivity contribution >= 4 is 47.3 Å². The first-order chi connectivity index (χ1) is 17.5. The zero-order valence-corrected chi connectivity index (χ0v) is 22.5. The highest BCUT2D eigenvalue weighted by molar-refractivity contribution is 5.92. The zero-order valence-electron chi connectivity index (χ0n) is 20.9. The van der Waals surface area contributed by atoms with E-state index in [0.29, 0.717) is 29.1 Å². The number of piperazine rings is 1. The molecule has 11 heteroatoms. The molecule has 2 aromatic heterocycles. The molecule has 0 atom stereocenters. The summed E-state index contributed by atoms with van der Waals surface area (Å²) in [6, 6.07) is 13.6. The van der Waals surface area contributed by atoms with Gasteiger partial charge in [-0.25, -0.2) is 9.37 Å². The highest BCUT2D eigenvalue weighted by Gasteiger charge is 2.27. The topological polar surface area (TPSA) is 89.5 Å². The van der Waals surface area contributed by atoms with Gasteiger partial charge in [0.15, 0.2) is 5.69 Å². The number of carbonyl (C=O) groups is 1. The Morgan fingerprint density at radius 1 is 1.05 bits per heavy atom. The van der Waals surface area contributed by atoms with Crippen LogP contribution in [0.3, 0.4) is 0 Å². The lowest BCUT2D eigenvalue weighted by molar-refractivity contribution is 0.0993. The number of halogens is 3. The van der Waals surface area contributed by atoms with E-state index < -0.39 is 5.91 Å². The number of fused-ring (bicyclic) bond motifs is 4. The van der Waals surface area contributed by atoms with E-state index in [0.717, 1.165) is 43.9 Å². The molecule has 0 unspecified atom stereocenters. The van der Waals surface area contributed by atoms with Crippen LogP contribution in [0.1, 0.15) is 27.4 Å². The third-order valence-corrected chi connectivity index (χ3v) is 7.13. The molecule has 1 saturated heterocycles. The molecule has 200 valence electrons. The van der Waals surface area contributed by atoms with Crippen LogP contribution in [0.15, 0.2) is 48.8 Å². The number of ether oxygens (including phenoxy) is 1. The molecule has 0 aliphatic carbocycles. The lowest BCUT2D eigenvalue weighted by atomic mass is 10.1. The maximum absolute atomic E-state index is 14.9. The summed E-state index contributed by atoms with van der Waals surface area (Å²) in [5.74, 6) is -0.384. The molecule has 6 rings (SSSR count). The average Bonchev–Trinajstić information content (AvgIpc) is 3.33. The third-order valence-electron chi connectivity index (χ3n) is 7.13. The number of nitrogens with two attached hydrogens (primary N) is 1. The minimum absolute atomic E-state index is 0. The van der Waals surface area contributed by atoms with Gasteiger partial charge in [0.05, 0.1) is 16.9 Å². The fourth-order valence-electron chi connectivity index (χ4n) is 5.24. The molecule has 1 fully saturated rings. The van der Waals surface area contributed by atoms with Crippen molar-refractivity contribution < 1.29 is 13.9 Å². The lowest BCUT2D eigenvalue weighted by Gasteiger charge is -2.36. The highest BCUT2D eigenvalue weighted by Crippen LogP contribution is 2.36. The fraction of sp³-hybridized carbons (Fsp3) is 0.296. The quantitative estimate of drug-likeness (QED) is 0.397. The van der Waals surface area contributed by atoms with E-state index in [1.165, 1.54) is 17.1 Å². The number of aromatic nitrogens is 3. The number of carbonyl (C=O) groups excluding carboxylic acids is 1. The number of imidazole rings is 1. The molecule has 1 amide bonds. The van der Waals surface area contributed by atoms with Crippen LogP contribution in [0, 0.1) is 12.7 Å². The van der Waals surface area contributed by atoms with E-state index in [4.69, 9.17) is 10.5 Å². The fourth-order valence-corrected chi connectivity index (χ4v) is 5.24. The van der Waals surface area contributed by atoms with E-state index in [-0.39, 0.29) is 42.9 Å². The Morgan fingerprint density at radius 3 is 2.61 bits per heavy atom. The molecule has 0 saturated carbocycles. The summed E-state index contributed by atoms with van der Waals surface area (Å²) in [4.78, 5) is 25.2. The van der Waals surface area contributed by atoms with Crippen LogP contribution < -0.4 is 15.4 Å². The lowest BCUT2D eigenvalue weighted by Crippen LogP contribution is -2.47. The molecule has 4 aromatic rings. The number of rotatable bonds is 5. The first-order valence-corrected chi connectivity index (χ1v) is 12.1. The first kappa shape index (κ1) is 27.6. The highest BCUT2D eigenvalue weighted by atomic mass is 35.5. The van der Waals surface area contributed by atoms with Crippen molar-refractivity contribution in [2.24, 2.45) is 5.73 Å². The number of aryl methyl sites for hydroxylation is 1. The Balaban J connectivity index is 0.00000168. The van der Waals surface area contributed by atoms with Gasteiger partial charge in [-0.2, -0.15) is 0 Å². The van der Waals surface area contributed by atoms with Crippen LogP contribution in [0.2, 0.25) is 0 Å². The van der Waals surface area contributed by atoms with Crippen LogP contribution in [0.4, 0.5) is 10.1 Å². The molecule has 2 aliphatic heterocycles. The molecule has 38 heavy (non-hydrogen) atoms. The van der Waals surface area contributed by atoms with E-state index in [1.54, 1.807) is 17.0 Å². The Bertz CT molecular complexity index is 1490. The van der Waals surface area contributed by atoms with Gasteiger partial charge in [0, 0.05) is 55.1 Å². The van der Waals surface area contributed by atoms with Gasteiger partial charge in [-0.15, -0.1) is 24.8 Å². The molecule has 4 heterocycles. The molecule has 0 bridgehead atoms. The SMILES string of the molecule is Cc1ccc2c(N3CCN(CCc4c(F)ccc5c4OCc4c(C(N)=O)ncn4-5)CC3)cccc2n1.Cl.Cl. The molecule has 0 radical (unpaired) electrons. The second-order valence-corrected chi connectivity index (χ2v) is 9.31. The van der Waals surface area contributed by atoms with Gasteiger partial charge in [0.25, 0.3) is 5.91 Å². The second-order valence-electron chi connectivity index (χ2n) is 9.31. The van der Waals surface area contributed by atoms with E-state index >= 15 is 0 Å². The monoisotopic (exact) mass is 558 g/mol. The predicted molar refractivity (Wildman–Crippen MR) is 150 cm³/mol. The Hall–Kier alpha value is -3.40. The third kappa shape index (κ3) is 4.89. The van der Waals surface area contributed by atoms with Crippen LogP contribution in [-0.4, -0.2) is 58.1 Å². The minimum Gasteiger partial charge on any atom is -0.485 e. The summed E-state index contributed by atoms with van der Waals surface area (Å²) < 4.78 is 22.6. The van der Waals surface area contributed by atoms with Crippen molar-refractivity contribution in [1.82, 2.24) is 19.4 Å². The summed E-state index contributed by atoms with van der Waals surface area (Å²) in [5, 5.41) is 1.17. The van der Waals surface area contributed by atoms with Gasteiger partial charge >= 0.3 is 0 Å². The van der Waals surface area contributed by atoms with E-state index in [1.807, 2.05) is 6.92 Å². The number of pyridine rings is 1. The molecule has 2 N–H and O–H groups in total. The normalized spacial score (nSPS) is 14.6. The van der Waals surface area contributed by atoms with Crippen molar-refractivity contribution in [3.8, 4) is 11.4 Å². The van der Waals surface area contributed by atoms with E-state index in [9.17, 15) is 9.18 Å². The second kappa shape index (κ2) is 11.1. The Kier molecular flexibility index (Phi) is 8.10. The van der Waals surface area contributed by atoms with Crippen LogP contribution >= 0.6 is 24.8 Å². The molecule has 2 aromatic carbocycles. The maximum Gasteiger partial charge on any atom is 0.269 e. The molecule has 2 aliphatic rings. The van der Waals surface area contributed by atoms with Crippen LogP contribution in [0.25, 0.3) is 16.6 Å². The Morgan fingerprint density at radius 2 is 1.84 bits per heavy atom. The largest absolute Gasteiger partial charge is 0.485 e. The van der Waals surface area contributed by atoms with Crippen molar-refractivity contribution in [3.05, 3.63) is 77.3 Å². The van der Waals surface area contributed by atoms with Gasteiger partial charge < -0.3 is 15.4 Å². The number of nitrogens with zero attached hydrogens (tertiary/aromatic N) is 5. The van der Waals surface area contributed by atoms with Crippen molar-refractivity contribution in [2.75, 3.05) is 37.6 Å². The smallest absolute Gasteiger partial charge is 0.269 e. The number of benzene rings is 2. The van der Waals surface area contributed by atoms with Gasteiger partial charge in [-0.3, -0.25) is 19.2 Å². The predicted octanol–water partition coefficient (Wildman–Crippen LogP) is 4.07. The van der Waals surface area contributed by atoms with Gasteiger partial charge in [-0.05, 0) is 49.7 Å². The van der Waals surface area contributed by atoms with Crippen molar-refractivity contribution in [2.45, 2.75) is 20.0 Å². The number of hydrogen-bond acceptors (Lipinski definition) is 6. The molecule has 8 nitrogen and oxygen atoms in total. The Labute approximate surface area is 232 Å². The summed E-state index contributed by atoms with van der Waals surface area (Å²) in [6.07, 6.45) is 2.07. The van der Waals surface area contributed by atoms with E-state index in [2.05, 4.69) is 50.1 Å².